The molecule has 2 aromatic carbocycles. The Morgan fingerprint density at radius 1 is 1.18 bits per heavy atom. The number of hydrogen-bond acceptors (Lipinski definition) is 3. The molecule has 3 aromatic rings. The lowest BCUT2D eigenvalue weighted by atomic mass is 9.88. The van der Waals surface area contributed by atoms with E-state index in [-0.39, 0.29) is 22.8 Å². The van der Waals surface area contributed by atoms with Crippen LogP contribution in [0.15, 0.2) is 42.5 Å². The summed E-state index contributed by atoms with van der Waals surface area (Å²) in [6, 6.07) is 9.73. The van der Waals surface area contributed by atoms with Crippen LogP contribution in [0.25, 0.3) is 11.1 Å². The van der Waals surface area contributed by atoms with Crippen molar-refractivity contribution in [3.05, 3.63) is 74.4 Å². The van der Waals surface area contributed by atoms with Gasteiger partial charge in [0.15, 0.2) is 0 Å². The lowest BCUT2D eigenvalue weighted by Gasteiger charge is -2.24. The monoisotopic (exact) mass is 419 g/mol. The Bertz CT molecular complexity index is 1110. The third-order valence-corrected chi connectivity index (χ3v) is 6.11. The van der Waals surface area contributed by atoms with Gasteiger partial charge in [0.2, 0.25) is 5.91 Å². The zero-order chi connectivity index (χ0) is 20.0. The summed E-state index contributed by atoms with van der Waals surface area (Å²) < 4.78 is 27.7. The molecule has 0 saturated carbocycles. The Labute approximate surface area is 167 Å². The van der Waals surface area contributed by atoms with Crippen molar-refractivity contribution in [3.63, 3.8) is 0 Å². The molecule has 1 amide bonds. The Hall–Kier alpha value is -2.77. The quantitative estimate of drug-likeness (QED) is 0.587. The van der Waals surface area contributed by atoms with E-state index in [0.29, 0.717) is 26.7 Å². The second-order valence-corrected chi connectivity index (χ2v) is 7.82. The zero-order valence-corrected chi connectivity index (χ0v) is 15.7. The Balaban J connectivity index is 1.94. The number of nitrogens with one attached hydrogen (secondary N) is 1. The molecule has 1 aliphatic heterocycles. The number of fused-ring (bicyclic) bond motifs is 1. The maximum Gasteiger partial charge on any atom is 0.346 e. The number of hydrogen-bond donors (Lipinski definition) is 2. The average molecular weight is 420 g/mol. The van der Waals surface area contributed by atoms with Crippen LogP contribution in [0.3, 0.4) is 0 Å². The van der Waals surface area contributed by atoms with E-state index in [9.17, 15) is 23.5 Å². The highest BCUT2D eigenvalue weighted by Gasteiger charge is 2.35. The van der Waals surface area contributed by atoms with Crippen molar-refractivity contribution >= 4 is 40.5 Å². The van der Waals surface area contributed by atoms with Crippen molar-refractivity contribution in [2.45, 2.75) is 12.3 Å². The summed E-state index contributed by atoms with van der Waals surface area (Å²) in [4.78, 5) is 24.7. The van der Waals surface area contributed by atoms with Gasteiger partial charge in [0.05, 0.1) is 5.69 Å². The first-order valence-electron chi connectivity index (χ1n) is 8.26. The lowest BCUT2D eigenvalue weighted by molar-refractivity contribution is -0.116. The van der Waals surface area contributed by atoms with Crippen LogP contribution < -0.4 is 5.32 Å². The minimum absolute atomic E-state index is 0.0297. The van der Waals surface area contributed by atoms with Crippen molar-refractivity contribution < 1.29 is 23.5 Å². The van der Waals surface area contributed by atoms with Crippen LogP contribution in [0.2, 0.25) is 5.02 Å². The SMILES string of the molecule is O=C1C[C@H](c2ccc(F)cc2F)c2sc(C(=O)O)c(-c3ccc(Cl)cc3)c2N1. The van der Waals surface area contributed by atoms with Gasteiger partial charge in [-0.3, -0.25) is 4.79 Å². The summed E-state index contributed by atoms with van der Waals surface area (Å²) >= 11 is 6.90. The number of rotatable bonds is 3. The van der Waals surface area contributed by atoms with Crippen molar-refractivity contribution in [3.8, 4) is 11.1 Å². The van der Waals surface area contributed by atoms with Crippen LogP contribution in [-0.2, 0) is 4.79 Å². The van der Waals surface area contributed by atoms with Crippen LogP contribution in [0.4, 0.5) is 14.5 Å². The summed E-state index contributed by atoms with van der Waals surface area (Å²) in [5, 5.41) is 12.9. The standard InChI is InChI=1S/C20H12ClF2NO3S/c21-10-3-1-9(2-4-10)16-17-18(28-19(16)20(26)27)13(8-15(25)24-17)12-6-5-11(22)7-14(12)23/h1-7,13H,8H2,(H,24,25)(H,26,27)/t13-/m1/s1. The first-order valence-corrected chi connectivity index (χ1v) is 9.45. The molecule has 2 heterocycles. The molecule has 0 saturated heterocycles. The first-order chi connectivity index (χ1) is 13.3. The number of carboxylic acid groups (broad SMARTS) is 1. The molecule has 2 N–H and O–H groups in total. The fraction of sp³-hybridized carbons (Fsp3) is 0.100. The van der Waals surface area contributed by atoms with Gasteiger partial charge in [-0.15, -0.1) is 11.3 Å². The molecule has 0 spiro atoms. The molecule has 142 valence electrons. The number of benzene rings is 2. The van der Waals surface area contributed by atoms with Crippen LogP contribution in [0.5, 0.6) is 0 Å². The first kappa shape index (κ1) is 18.6. The molecule has 1 aromatic heterocycles. The summed E-state index contributed by atoms with van der Waals surface area (Å²) in [5.74, 6) is -3.72. The molecule has 0 radical (unpaired) electrons. The molecule has 4 nitrogen and oxygen atoms in total. The number of anilines is 1. The molecule has 4 rings (SSSR count). The number of amides is 1. The van der Waals surface area contributed by atoms with E-state index in [1.807, 2.05) is 0 Å². The lowest BCUT2D eigenvalue weighted by Crippen LogP contribution is -2.23. The van der Waals surface area contributed by atoms with E-state index in [2.05, 4.69) is 5.32 Å². The molecule has 8 heteroatoms. The van der Waals surface area contributed by atoms with Gasteiger partial charge < -0.3 is 10.4 Å². The highest BCUT2D eigenvalue weighted by atomic mass is 35.5. The number of carboxylic acids is 1. The van der Waals surface area contributed by atoms with Gasteiger partial charge in [0, 0.05) is 33.9 Å². The van der Waals surface area contributed by atoms with Crippen molar-refractivity contribution in [2.24, 2.45) is 0 Å². The van der Waals surface area contributed by atoms with Gasteiger partial charge in [-0.25, -0.2) is 13.6 Å². The molecule has 0 bridgehead atoms. The molecule has 1 aliphatic rings. The summed E-state index contributed by atoms with van der Waals surface area (Å²) in [6.07, 6.45) is -0.0603. The third kappa shape index (κ3) is 3.16. The smallest absolute Gasteiger partial charge is 0.346 e. The van der Waals surface area contributed by atoms with Gasteiger partial charge in [0.1, 0.15) is 16.5 Å². The van der Waals surface area contributed by atoms with Gasteiger partial charge in [-0.05, 0) is 29.3 Å². The highest BCUT2D eigenvalue weighted by molar-refractivity contribution is 7.15. The second kappa shape index (κ2) is 7.00. The number of carbonyl (C=O) groups excluding carboxylic acids is 1. The molecule has 0 unspecified atom stereocenters. The van der Waals surface area contributed by atoms with E-state index < -0.39 is 23.5 Å². The van der Waals surface area contributed by atoms with Crippen molar-refractivity contribution in [2.75, 3.05) is 5.32 Å². The molecular weight excluding hydrogens is 408 g/mol. The Morgan fingerprint density at radius 3 is 2.54 bits per heavy atom. The van der Waals surface area contributed by atoms with Crippen LogP contribution in [0.1, 0.15) is 32.5 Å². The second-order valence-electron chi connectivity index (χ2n) is 6.33. The Kier molecular flexibility index (Phi) is 4.64. The van der Waals surface area contributed by atoms with Gasteiger partial charge in [0.25, 0.3) is 0 Å². The molecule has 0 fully saturated rings. The fourth-order valence-corrected chi connectivity index (χ4v) is 4.73. The minimum atomic E-state index is -1.16. The van der Waals surface area contributed by atoms with Crippen molar-refractivity contribution in [1.29, 1.82) is 0 Å². The topological polar surface area (TPSA) is 66.4 Å². The number of carbonyl (C=O) groups is 2. The highest BCUT2D eigenvalue weighted by Crippen LogP contribution is 2.49. The number of halogens is 3. The fourth-order valence-electron chi connectivity index (χ4n) is 3.36. The maximum absolute atomic E-state index is 14.4. The summed E-state index contributed by atoms with van der Waals surface area (Å²) in [6.45, 7) is 0. The predicted molar refractivity (Wildman–Crippen MR) is 103 cm³/mol. The molecular formula is C20H12ClF2NO3S. The van der Waals surface area contributed by atoms with E-state index >= 15 is 0 Å². The van der Waals surface area contributed by atoms with Crippen molar-refractivity contribution in [1.82, 2.24) is 0 Å². The molecule has 1 atom stereocenters. The molecule has 0 aliphatic carbocycles. The maximum atomic E-state index is 14.4. The van der Waals surface area contributed by atoms with Crippen LogP contribution >= 0.6 is 22.9 Å². The minimum Gasteiger partial charge on any atom is -0.477 e. The number of thiophene rings is 1. The number of aromatic carboxylic acids is 1. The van der Waals surface area contributed by atoms with Crippen LogP contribution in [0, 0.1) is 11.6 Å². The summed E-state index contributed by atoms with van der Waals surface area (Å²) in [5.41, 5.74) is 1.41. The Morgan fingerprint density at radius 2 is 1.89 bits per heavy atom. The normalized spacial score (nSPS) is 15.8. The van der Waals surface area contributed by atoms with E-state index in [0.717, 1.165) is 23.5 Å². The van der Waals surface area contributed by atoms with Gasteiger partial charge in [-0.2, -0.15) is 0 Å². The molecule has 28 heavy (non-hydrogen) atoms. The predicted octanol–water partition coefficient (Wildman–Crippen LogP) is 5.52. The largest absolute Gasteiger partial charge is 0.477 e. The van der Waals surface area contributed by atoms with Crippen LogP contribution in [-0.4, -0.2) is 17.0 Å². The third-order valence-electron chi connectivity index (χ3n) is 4.57. The van der Waals surface area contributed by atoms with E-state index in [1.165, 1.54) is 6.07 Å². The van der Waals surface area contributed by atoms with Gasteiger partial charge >= 0.3 is 5.97 Å². The summed E-state index contributed by atoms with van der Waals surface area (Å²) in [7, 11) is 0. The van der Waals surface area contributed by atoms with E-state index in [1.54, 1.807) is 24.3 Å². The zero-order valence-electron chi connectivity index (χ0n) is 14.1. The average Bonchev–Trinajstić information content (AvgIpc) is 3.01. The van der Waals surface area contributed by atoms with E-state index in [4.69, 9.17) is 11.6 Å². The van der Waals surface area contributed by atoms with Gasteiger partial charge in [-0.1, -0.05) is 29.8 Å².